The molecule has 0 aliphatic carbocycles. The van der Waals surface area contributed by atoms with Gasteiger partial charge in [0, 0.05) is 18.8 Å². The molecular formula is C28H35NO4. The maximum Gasteiger partial charge on any atom is 0.317 e. The van der Waals surface area contributed by atoms with Crippen LogP contribution in [-0.2, 0) is 9.59 Å². The van der Waals surface area contributed by atoms with Crippen molar-refractivity contribution in [2.45, 2.75) is 40.5 Å². The third kappa shape index (κ3) is 7.63. The number of benzene rings is 2. The van der Waals surface area contributed by atoms with Crippen molar-refractivity contribution in [2.75, 3.05) is 18.6 Å². The normalized spacial score (nSPS) is 12.9. The van der Waals surface area contributed by atoms with E-state index < -0.39 is 5.41 Å². The van der Waals surface area contributed by atoms with E-state index in [9.17, 15) is 9.59 Å². The van der Waals surface area contributed by atoms with Crippen LogP contribution in [0.15, 0.2) is 67.3 Å². The van der Waals surface area contributed by atoms with E-state index in [2.05, 4.69) is 20.4 Å². The van der Waals surface area contributed by atoms with E-state index in [0.29, 0.717) is 24.0 Å². The topological polar surface area (TPSA) is 55.8 Å². The van der Waals surface area contributed by atoms with Gasteiger partial charge < -0.3 is 14.4 Å². The van der Waals surface area contributed by atoms with Gasteiger partial charge in [-0.05, 0) is 73.7 Å². The van der Waals surface area contributed by atoms with Crippen LogP contribution in [0.5, 0.6) is 11.5 Å². The van der Waals surface area contributed by atoms with Gasteiger partial charge in [0.1, 0.15) is 18.1 Å². The molecule has 0 heterocycles. The second-order valence-electron chi connectivity index (χ2n) is 8.79. The first-order valence-electron chi connectivity index (χ1n) is 11.3. The quantitative estimate of drug-likeness (QED) is 0.175. The molecule has 1 unspecified atom stereocenters. The van der Waals surface area contributed by atoms with E-state index >= 15 is 0 Å². The minimum absolute atomic E-state index is 0.165. The number of carbonyl (C=O) groups excluding carboxylic acids is 2. The Bertz CT molecular complexity index is 960. The predicted molar refractivity (Wildman–Crippen MR) is 135 cm³/mol. The average molecular weight is 450 g/mol. The molecule has 0 N–H and O–H groups in total. The lowest BCUT2D eigenvalue weighted by Gasteiger charge is -2.27. The smallest absolute Gasteiger partial charge is 0.317 e. The zero-order valence-corrected chi connectivity index (χ0v) is 20.3. The van der Waals surface area contributed by atoms with Crippen LogP contribution in [0.3, 0.4) is 0 Å². The molecule has 0 aliphatic heterocycles. The zero-order chi connectivity index (χ0) is 24.4. The average Bonchev–Trinajstić information content (AvgIpc) is 2.81. The summed E-state index contributed by atoms with van der Waals surface area (Å²) in [4.78, 5) is 26.8. The highest BCUT2D eigenvalue weighted by molar-refractivity contribution is 6.03. The second-order valence-corrected chi connectivity index (χ2v) is 8.79. The number of hydrogen-bond donors (Lipinski definition) is 0. The molecule has 0 radical (unpaired) electrons. The van der Waals surface area contributed by atoms with Crippen molar-refractivity contribution in [1.29, 1.82) is 0 Å². The number of rotatable bonds is 11. The third-order valence-corrected chi connectivity index (χ3v) is 5.56. The van der Waals surface area contributed by atoms with Crippen molar-refractivity contribution in [3.05, 3.63) is 72.8 Å². The summed E-state index contributed by atoms with van der Waals surface area (Å²) in [5.41, 5.74) is 1.09. The molecule has 1 amide bonds. The van der Waals surface area contributed by atoms with Gasteiger partial charge in [-0.2, -0.15) is 0 Å². The van der Waals surface area contributed by atoms with E-state index in [1.807, 2.05) is 38.1 Å². The van der Waals surface area contributed by atoms with E-state index in [-0.39, 0.29) is 11.9 Å². The summed E-state index contributed by atoms with van der Waals surface area (Å²) in [6, 6.07) is 14.4. The fourth-order valence-corrected chi connectivity index (χ4v) is 3.48. The van der Waals surface area contributed by atoms with Crippen molar-refractivity contribution in [3.63, 3.8) is 0 Å². The minimum Gasteiger partial charge on any atom is -0.490 e. The Labute approximate surface area is 197 Å². The van der Waals surface area contributed by atoms with Crippen LogP contribution in [0.2, 0.25) is 0 Å². The Balaban J connectivity index is 1.99. The Hall–Kier alpha value is -3.34. The maximum absolute atomic E-state index is 12.7. The molecule has 2 aromatic carbocycles. The third-order valence-electron chi connectivity index (χ3n) is 5.56. The molecule has 2 rings (SSSR count). The van der Waals surface area contributed by atoms with Crippen molar-refractivity contribution >= 4 is 23.6 Å². The summed E-state index contributed by atoms with van der Waals surface area (Å²) < 4.78 is 11.1. The lowest BCUT2D eigenvalue weighted by atomic mass is 9.80. The second kappa shape index (κ2) is 12.0. The highest BCUT2D eigenvalue weighted by Gasteiger charge is 2.34. The van der Waals surface area contributed by atoms with Gasteiger partial charge in [-0.3, -0.25) is 9.59 Å². The molecule has 0 aliphatic rings. The standard InChI is InChI=1S/C28H35NO4/c1-7-19-32-24-14-9-22(10-15-24)11-18-26(30)29(6)23-12-16-25(17-13-23)33-27(31)28(5,8-2)20-21(3)4/h7,9-18,21H,1,8,19-20H2,2-6H3/b18-11+. The number of hydrogen-bond acceptors (Lipinski definition) is 4. The van der Waals surface area contributed by atoms with Gasteiger partial charge in [-0.15, -0.1) is 0 Å². The van der Waals surface area contributed by atoms with Crippen molar-refractivity contribution in [3.8, 4) is 11.5 Å². The highest BCUT2D eigenvalue weighted by atomic mass is 16.5. The van der Waals surface area contributed by atoms with Crippen LogP contribution >= 0.6 is 0 Å². The lowest BCUT2D eigenvalue weighted by molar-refractivity contribution is -0.146. The molecule has 33 heavy (non-hydrogen) atoms. The highest BCUT2D eigenvalue weighted by Crippen LogP contribution is 2.32. The number of carbonyl (C=O) groups is 2. The minimum atomic E-state index is -0.514. The Morgan fingerprint density at radius 3 is 2.21 bits per heavy atom. The van der Waals surface area contributed by atoms with Crippen LogP contribution < -0.4 is 14.4 Å². The van der Waals surface area contributed by atoms with Crippen molar-refractivity contribution in [2.24, 2.45) is 11.3 Å². The van der Waals surface area contributed by atoms with Gasteiger partial charge in [-0.25, -0.2) is 0 Å². The van der Waals surface area contributed by atoms with E-state index in [1.54, 1.807) is 48.4 Å². The number of amides is 1. The molecule has 2 aromatic rings. The molecule has 5 nitrogen and oxygen atoms in total. The van der Waals surface area contributed by atoms with Gasteiger partial charge in [0.25, 0.3) is 5.91 Å². The molecule has 5 heteroatoms. The summed E-state index contributed by atoms with van der Waals surface area (Å²) in [5, 5.41) is 0. The van der Waals surface area contributed by atoms with Crippen molar-refractivity contribution < 1.29 is 19.1 Å². The maximum atomic E-state index is 12.7. The molecule has 0 saturated heterocycles. The van der Waals surface area contributed by atoms with Gasteiger partial charge >= 0.3 is 5.97 Å². The monoisotopic (exact) mass is 449 g/mol. The first-order chi connectivity index (χ1) is 15.7. The van der Waals surface area contributed by atoms with Gasteiger partial charge in [0.2, 0.25) is 0 Å². The summed E-state index contributed by atoms with van der Waals surface area (Å²) in [5.74, 6) is 1.24. The number of likely N-dealkylation sites (N-methyl/N-ethyl adjacent to an activating group) is 1. The van der Waals surface area contributed by atoms with Crippen LogP contribution in [-0.4, -0.2) is 25.5 Å². The van der Waals surface area contributed by atoms with E-state index in [4.69, 9.17) is 9.47 Å². The molecule has 0 bridgehead atoms. The van der Waals surface area contributed by atoms with E-state index in [1.165, 1.54) is 6.08 Å². The van der Waals surface area contributed by atoms with Crippen LogP contribution in [0.4, 0.5) is 5.69 Å². The number of esters is 1. The first kappa shape index (κ1) is 25.9. The Morgan fingerprint density at radius 1 is 1.06 bits per heavy atom. The summed E-state index contributed by atoms with van der Waals surface area (Å²) in [6.45, 7) is 12.2. The molecular weight excluding hydrogens is 414 g/mol. The Morgan fingerprint density at radius 2 is 1.67 bits per heavy atom. The number of anilines is 1. The summed E-state index contributed by atoms with van der Waals surface area (Å²) in [6.07, 6.45) is 6.46. The zero-order valence-electron chi connectivity index (χ0n) is 20.3. The summed E-state index contributed by atoms with van der Waals surface area (Å²) >= 11 is 0. The van der Waals surface area contributed by atoms with E-state index in [0.717, 1.165) is 24.2 Å². The summed E-state index contributed by atoms with van der Waals surface area (Å²) in [7, 11) is 1.71. The number of ether oxygens (including phenoxy) is 2. The van der Waals surface area contributed by atoms with Crippen LogP contribution in [0.25, 0.3) is 6.08 Å². The molecule has 0 saturated carbocycles. The fourth-order valence-electron chi connectivity index (χ4n) is 3.48. The molecule has 176 valence electrons. The SMILES string of the molecule is C=CCOc1ccc(/C=C/C(=O)N(C)c2ccc(OC(=O)C(C)(CC)CC(C)C)cc2)cc1. The molecule has 0 aromatic heterocycles. The van der Waals surface area contributed by atoms with Gasteiger partial charge in [0.15, 0.2) is 0 Å². The predicted octanol–water partition coefficient (Wildman–Crippen LogP) is 6.30. The molecule has 0 spiro atoms. The molecule has 1 atom stereocenters. The lowest BCUT2D eigenvalue weighted by Crippen LogP contribution is -2.32. The van der Waals surface area contributed by atoms with Gasteiger partial charge in [0.05, 0.1) is 5.41 Å². The largest absolute Gasteiger partial charge is 0.490 e. The van der Waals surface area contributed by atoms with Gasteiger partial charge in [-0.1, -0.05) is 45.6 Å². The van der Waals surface area contributed by atoms with Crippen LogP contribution in [0, 0.1) is 11.3 Å². The number of nitrogens with zero attached hydrogens (tertiary/aromatic N) is 1. The Kier molecular flexibility index (Phi) is 9.46. The van der Waals surface area contributed by atoms with Crippen LogP contribution in [0.1, 0.15) is 46.1 Å². The first-order valence-corrected chi connectivity index (χ1v) is 11.3. The van der Waals surface area contributed by atoms with Crippen molar-refractivity contribution in [1.82, 2.24) is 0 Å². The fraction of sp³-hybridized carbons (Fsp3) is 0.357. The molecule has 0 fully saturated rings.